The van der Waals surface area contributed by atoms with Crippen molar-refractivity contribution < 1.29 is 0 Å². The van der Waals surface area contributed by atoms with Gasteiger partial charge in [0.15, 0.2) is 0 Å². The molecule has 112 valence electrons. The Bertz CT molecular complexity index is 502. The van der Waals surface area contributed by atoms with Gasteiger partial charge in [-0.15, -0.1) is 0 Å². The minimum absolute atomic E-state index is 0.0596. The van der Waals surface area contributed by atoms with Crippen LogP contribution in [0.15, 0.2) is 15.5 Å². The average Bonchev–Trinajstić information content (AvgIpc) is 2.91. The molecule has 1 saturated heterocycles. The number of likely N-dealkylation sites (N-methyl/N-ethyl adjacent to an activating group) is 1. The van der Waals surface area contributed by atoms with Crippen LogP contribution in [0, 0.1) is 0 Å². The molecule has 1 aliphatic rings. The van der Waals surface area contributed by atoms with Gasteiger partial charge in [-0.1, -0.05) is 13.8 Å². The topological polar surface area (TPSA) is 50.2 Å². The second-order valence-corrected chi connectivity index (χ2v) is 6.00. The molecular formula is C14H23BrN4O. The van der Waals surface area contributed by atoms with Crippen molar-refractivity contribution in [2.24, 2.45) is 0 Å². The van der Waals surface area contributed by atoms with Crippen molar-refractivity contribution in [2.75, 3.05) is 25.0 Å². The van der Waals surface area contributed by atoms with E-state index in [2.05, 4.69) is 38.2 Å². The fraction of sp³-hybridized carbons (Fsp3) is 0.714. The van der Waals surface area contributed by atoms with Gasteiger partial charge >= 0.3 is 0 Å². The molecule has 1 N–H and O–H groups in total. The maximum Gasteiger partial charge on any atom is 0.283 e. The number of hydrogen-bond acceptors (Lipinski definition) is 4. The molecule has 1 unspecified atom stereocenters. The van der Waals surface area contributed by atoms with Crippen LogP contribution < -0.4 is 10.9 Å². The molecular weight excluding hydrogens is 320 g/mol. The van der Waals surface area contributed by atoms with Crippen molar-refractivity contribution >= 4 is 21.6 Å². The van der Waals surface area contributed by atoms with E-state index < -0.39 is 0 Å². The molecule has 1 aliphatic heterocycles. The van der Waals surface area contributed by atoms with Crippen molar-refractivity contribution in [3.8, 4) is 0 Å². The first-order valence-corrected chi connectivity index (χ1v) is 8.20. The molecule has 1 fully saturated rings. The first-order valence-electron chi connectivity index (χ1n) is 7.40. The second-order valence-electron chi connectivity index (χ2n) is 5.21. The highest BCUT2D eigenvalue weighted by Crippen LogP contribution is 2.20. The van der Waals surface area contributed by atoms with Crippen molar-refractivity contribution in [3.05, 3.63) is 21.0 Å². The molecule has 20 heavy (non-hydrogen) atoms. The second kappa shape index (κ2) is 7.22. The van der Waals surface area contributed by atoms with Crippen LogP contribution in [-0.2, 0) is 6.54 Å². The highest BCUT2D eigenvalue weighted by Gasteiger charge is 2.22. The van der Waals surface area contributed by atoms with Crippen LogP contribution in [0.5, 0.6) is 0 Å². The molecule has 6 heteroatoms. The van der Waals surface area contributed by atoms with Crippen LogP contribution in [0.1, 0.15) is 33.1 Å². The van der Waals surface area contributed by atoms with Crippen molar-refractivity contribution in [2.45, 2.75) is 45.7 Å². The van der Waals surface area contributed by atoms with E-state index >= 15 is 0 Å². The molecule has 1 aromatic rings. The van der Waals surface area contributed by atoms with Crippen LogP contribution in [0.25, 0.3) is 0 Å². The molecule has 1 aromatic heterocycles. The lowest BCUT2D eigenvalue weighted by Gasteiger charge is -2.23. The number of aromatic nitrogens is 2. The normalized spacial score (nSPS) is 19.4. The lowest BCUT2D eigenvalue weighted by Crippen LogP contribution is -2.35. The van der Waals surface area contributed by atoms with Crippen LogP contribution in [-0.4, -0.2) is 40.4 Å². The van der Waals surface area contributed by atoms with E-state index in [1.54, 1.807) is 6.20 Å². The third-order valence-corrected chi connectivity index (χ3v) is 4.62. The van der Waals surface area contributed by atoms with Gasteiger partial charge in [0.1, 0.15) is 4.47 Å². The summed E-state index contributed by atoms with van der Waals surface area (Å²) < 4.78 is 2.09. The summed E-state index contributed by atoms with van der Waals surface area (Å²) in [5.41, 5.74) is 0.737. The molecule has 0 amide bonds. The molecule has 0 spiro atoms. The molecule has 0 bridgehead atoms. The zero-order chi connectivity index (χ0) is 14.5. The van der Waals surface area contributed by atoms with Crippen LogP contribution in [0.2, 0.25) is 0 Å². The zero-order valence-corrected chi connectivity index (χ0v) is 13.8. The monoisotopic (exact) mass is 342 g/mol. The van der Waals surface area contributed by atoms with Gasteiger partial charge in [0.25, 0.3) is 5.56 Å². The van der Waals surface area contributed by atoms with Gasteiger partial charge in [-0.25, -0.2) is 4.68 Å². The zero-order valence-electron chi connectivity index (χ0n) is 12.2. The van der Waals surface area contributed by atoms with Crippen LogP contribution in [0.4, 0.5) is 5.69 Å². The van der Waals surface area contributed by atoms with Gasteiger partial charge in [0.05, 0.1) is 11.9 Å². The number of nitrogens with one attached hydrogen (secondary N) is 1. The number of aryl methyl sites for hydroxylation is 1. The van der Waals surface area contributed by atoms with Gasteiger partial charge in [0.2, 0.25) is 0 Å². The summed E-state index contributed by atoms with van der Waals surface area (Å²) in [7, 11) is 0. The van der Waals surface area contributed by atoms with Gasteiger partial charge < -0.3 is 5.32 Å². The number of hydrogen-bond donors (Lipinski definition) is 1. The van der Waals surface area contributed by atoms with Crippen LogP contribution in [0.3, 0.4) is 0 Å². The molecule has 5 nitrogen and oxygen atoms in total. The van der Waals surface area contributed by atoms with Gasteiger partial charge in [0, 0.05) is 19.1 Å². The average molecular weight is 343 g/mol. The van der Waals surface area contributed by atoms with E-state index in [1.807, 2.05) is 6.92 Å². The lowest BCUT2D eigenvalue weighted by molar-refractivity contribution is 0.277. The fourth-order valence-corrected chi connectivity index (χ4v) is 3.18. The molecule has 1 atom stereocenters. The molecule has 0 saturated carbocycles. The third kappa shape index (κ3) is 3.41. The lowest BCUT2D eigenvalue weighted by atomic mass is 10.2. The van der Waals surface area contributed by atoms with Gasteiger partial charge in [-0.2, -0.15) is 5.10 Å². The molecule has 0 aromatic carbocycles. The molecule has 0 aliphatic carbocycles. The number of nitrogens with zero attached hydrogens (tertiary/aromatic N) is 3. The summed E-state index contributed by atoms with van der Waals surface area (Å²) in [6.45, 7) is 8.02. The standard InChI is InChI=1S/C14H23BrN4O/c1-3-7-19-14(20)13(15)12(10-17-19)16-9-11-6-5-8-18(11)4-2/h10-11,16H,3-9H2,1-2H3. The Morgan fingerprint density at radius 3 is 3.00 bits per heavy atom. The Kier molecular flexibility index (Phi) is 5.60. The van der Waals surface area contributed by atoms with Gasteiger partial charge in [-0.3, -0.25) is 9.69 Å². The highest BCUT2D eigenvalue weighted by molar-refractivity contribution is 9.10. The number of rotatable bonds is 6. The Balaban J connectivity index is 2.03. The van der Waals surface area contributed by atoms with E-state index in [1.165, 1.54) is 24.1 Å². The van der Waals surface area contributed by atoms with E-state index in [0.29, 0.717) is 17.1 Å². The Morgan fingerprint density at radius 1 is 1.50 bits per heavy atom. The number of halogens is 1. The quantitative estimate of drug-likeness (QED) is 0.861. The highest BCUT2D eigenvalue weighted by atomic mass is 79.9. The maximum atomic E-state index is 12.1. The minimum Gasteiger partial charge on any atom is -0.381 e. The largest absolute Gasteiger partial charge is 0.381 e. The van der Waals surface area contributed by atoms with E-state index in [9.17, 15) is 4.79 Å². The first kappa shape index (κ1) is 15.5. The molecule has 2 heterocycles. The number of anilines is 1. The maximum absolute atomic E-state index is 12.1. The first-order chi connectivity index (χ1) is 9.67. The number of likely N-dealkylation sites (tertiary alicyclic amines) is 1. The summed E-state index contributed by atoms with van der Waals surface area (Å²) in [6.07, 6.45) is 5.13. The Hall–Kier alpha value is -0.880. The third-order valence-electron chi connectivity index (χ3n) is 3.85. The summed E-state index contributed by atoms with van der Waals surface area (Å²) in [6, 6.07) is 0.560. The summed E-state index contributed by atoms with van der Waals surface area (Å²) in [5.74, 6) is 0. The Morgan fingerprint density at radius 2 is 2.30 bits per heavy atom. The van der Waals surface area contributed by atoms with Crippen LogP contribution >= 0.6 is 15.9 Å². The SMILES string of the molecule is CCCn1ncc(NCC2CCCN2CC)c(Br)c1=O. The Labute approximate surface area is 128 Å². The predicted molar refractivity (Wildman–Crippen MR) is 85.2 cm³/mol. The predicted octanol–water partition coefficient (Wildman–Crippen LogP) is 2.31. The van der Waals surface area contributed by atoms with Crippen molar-refractivity contribution in [3.63, 3.8) is 0 Å². The van der Waals surface area contributed by atoms with Crippen molar-refractivity contribution in [1.82, 2.24) is 14.7 Å². The van der Waals surface area contributed by atoms with E-state index in [4.69, 9.17) is 0 Å². The van der Waals surface area contributed by atoms with Crippen molar-refractivity contribution in [1.29, 1.82) is 0 Å². The summed E-state index contributed by atoms with van der Waals surface area (Å²) >= 11 is 3.39. The summed E-state index contributed by atoms with van der Waals surface area (Å²) in [4.78, 5) is 14.6. The van der Waals surface area contributed by atoms with E-state index in [-0.39, 0.29) is 5.56 Å². The molecule has 2 rings (SSSR count). The van der Waals surface area contributed by atoms with Gasteiger partial charge in [-0.05, 0) is 48.3 Å². The van der Waals surface area contributed by atoms with E-state index in [0.717, 1.165) is 25.2 Å². The summed E-state index contributed by atoms with van der Waals surface area (Å²) in [5, 5.41) is 7.58. The minimum atomic E-state index is -0.0596. The smallest absolute Gasteiger partial charge is 0.283 e. The molecule has 0 radical (unpaired) electrons. The fourth-order valence-electron chi connectivity index (χ4n) is 2.73.